The highest BCUT2D eigenvalue weighted by molar-refractivity contribution is 7.12. The number of carbonyl (C=O) groups excluding carboxylic acids is 2. The van der Waals surface area contributed by atoms with E-state index in [1.165, 1.54) is 7.11 Å². The van der Waals surface area contributed by atoms with Crippen molar-refractivity contribution in [2.24, 2.45) is 5.92 Å². The van der Waals surface area contributed by atoms with E-state index in [-0.39, 0.29) is 17.9 Å². The van der Waals surface area contributed by atoms with Gasteiger partial charge in [0.2, 0.25) is 5.91 Å². The quantitative estimate of drug-likeness (QED) is 0.717. The summed E-state index contributed by atoms with van der Waals surface area (Å²) >= 11 is 1.55. The number of hydrogen-bond acceptors (Lipinski definition) is 5. The van der Waals surface area contributed by atoms with Gasteiger partial charge in [0.25, 0.3) is 0 Å². The minimum absolute atomic E-state index is 0.00930. The summed E-state index contributed by atoms with van der Waals surface area (Å²) in [7, 11) is 1.38. The average Bonchev–Trinajstić information content (AvgIpc) is 2.89. The van der Waals surface area contributed by atoms with E-state index in [0.29, 0.717) is 25.4 Å². The van der Waals surface area contributed by atoms with Crippen molar-refractivity contribution in [2.45, 2.75) is 39.8 Å². The summed E-state index contributed by atoms with van der Waals surface area (Å²) in [5.74, 6) is 0.215. The van der Waals surface area contributed by atoms with Crippen molar-refractivity contribution in [3.8, 4) is 0 Å². The molecular weight excluding hydrogens is 288 g/mol. The van der Waals surface area contributed by atoms with Crippen LogP contribution in [-0.4, -0.2) is 31.6 Å². The lowest BCUT2D eigenvalue weighted by molar-refractivity contribution is -0.139. The molecule has 0 aliphatic carbocycles. The summed E-state index contributed by atoms with van der Waals surface area (Å²) in [4.78, 5) is 25.1. The maximum Gasteiger partial charge on any atom is 0.310 e. The normalized spacial score (nSPS) is 12.2. The number of rotatable bonds is 8. The van der Waals surface area contributed by atoms with Gasteiger partial charge in [-0.25, -0.2) is 0 Å². The van der Waals surface area contributed by atoms with Crippen molar-refractivity contribution in [3.05, 3.63) is 21.9 Å². The van der Waals surface area contributed by atoms with Gasteiger partial charge in [-0.2, -0.15) is 0 Å². The van der Waals surface area contributed by atoms with Crippen molar-refractivity contribution in [3.63, 3.8) is 0 Å². The maximum atomic E-state index is 11.8. The first-order chi connectivity index (χ1) is 9.92. The Bertz CT molecular complexity index is 471. The van der Waals surface area contributed by atoms with Gasteiger partial charge in [-0.05, 0) is 25.0 Å². The first-order valence-electron chi connectivity index (χ1n) is 7.07. The molecule has 1 amide bonds. The number of nitrogens with one attached hydrogen (secondary N) is 2. The predicted octanol–water partition coefficient (Wildman–Crippen LogP) is 1.71. The summed E-state index contributed by atoms with van der Waals surface area (Å²) in [5, 5.41) is 6.08. The monoisotopic (exact) mass is 312 g/mol. The lowest BCUT2D eigenvalue weighted by atomic mass is 10.2. The molecular formula is C15H24N2O3S. The molecule has 1 unspecified atom stereocenters. The number of amides is 1. The fourth-order valence-corrected chi connectivity index (χ4v) is 2.59. The Morgan fingerprint density at radius 2 is 1.90 bits per heavy atom. The average molecular weight is 312 g/mol. The molecule has 0 bridgehead atoms. The molecule has 0 radical (unpaired) electrons. The van der Waals surface area contributed by atoms with Crippen LogP contribution in [0.2, 0.25) is 0 Å². The van der Waals surface area contributed by atoms with Gasteiger partial charge in [0.05, 0.1) is 19.6 Å². The van der Waals surface area contributed by atoms with Crippen molar-refractivity contribution < 1.29 is 14.3 Å². The summed E-state index contributed by atoms with van der Waals surface area (Å²) in [6.07, 6.45) is 0.297. The van der Waals surface area contributed by atoms with Gasteiger partial charge >= 0.3 is 5.97 Å². The Morgan fingerprint density at radius 1 is 1.24 bits per heavy atom. The second kappa shape index (κ2) is 8.79. The van der Waals surface area contributed by atoms with Crippen molar-refractivity contribution >= 4 is 23.2 Å². The van der Waals surface area contributed by atoms with Gasteiger partial charge in [0.1, 0.15) is 0 Å². The molecule has 1 atom stereocenters. The Morgan fingerprint density at radius 3 is 2.52 bits per heavy atom. The second-order valence-electron chi connectivity index (χ2n) is 5.36. The fourth-order valence-electron chi connectivity index (χ4n) is 1.63. The van der Waals surface area contributed by atoms with E-state index in [4.69, 9.17) is 0 Å². The van der Waals surface area contributed by atoms with E-state index in [9.17, 15) is 9.59 Å². The van der Waals surface area contributed by atoms with Crippen molar-refractivity contribution in [2.75, 3.05) is 13.7 Å². The number of ether oxygens (including phenoxy) is 1. The van der Waals surface area contributed by atoms with Crippen LogP contribution < -0.4 is 10.6 Å². The summed E-state index contributed by atoms with van der Waals surface area (Å²) in [6, 6.07) is 3.64. The lowest BCUT2D eigenvalue weighted by Crippen LogP contribution is -2.42. The maximum absolute atomic E-state index is 11.8. The SMILES string of the molecule is COC(=O)Cc1ccc(CNC(C)C(=O)NCC(C)C)s1. The van der Waals surface area contributed by atoms with Crippen LogP contribution in [0.4, 0.5) is 0 Å². The molecule has 118 valence electrons. The first kappa shape index (κ1) is 17.7. The van der Waals surface area contributed by atoms with Crippen molar-refractivity contribution in [1.82, 2.24) is 10.6 Å². The van der Waals surface area contributed by atoms with Crippen molar-refractivity contribution in [1.29, 1.82) is 0 Å². The molecule has 1 heterocycles. The molecule has 6 heteroatoms. The van der Waals surface area contributed by atoms with Crippen LogP contribution in [0.25, 0.3) is 0 Å². The van der Waals surface area contributed by atoms with Gasteiger partial charge in [-0.1, -0.05) is 13.8 Å². The van der Waals surface area contributed by atoms with Gasteiger partial charge < -0.3 is 15.4 Å². The van der Waals surface area contributed by atoms with Crippen LogP contribution >= 0.6 is 11.3 Å². The molecule has 0 saturated carbocycles. The molecule has 0 saturated heterocycles. The van der Waals surface area contributed by atoms with Crippen LogP contribution in [0.15, 0.2) is 12.1 Å². The van der Waals surface area contributed by atoms with Crippen LogP contribution in [0.5, 0.6) is 0 Å². The molecule has 21 heavy (non-hydrogen) atoms. The van der Waals surface area contributed by atoms with E-state index < -0.39 is 0 Å². The molecule has 2 N–H and O–H groups in total. The highest BCUT2D eigenvalue weighted by Gasteiger charge is 2.13. The number of carbonyl (C=O) groups is 2. The third-order valence-electron chi connectivity index (χ3n) is 2.92. The molecule has 0 fully saturated rings. The van der Waals surface area contributed by atoms with Crippen LogP contribution in [0, 0.1) is 5.92 Å². The van der Waals surface area contributed by atoms with E-state index in [0.717, 1.165) is 9.75 Å². The molecule has 0 aliphatic heterocycles. The van der Waals surface area contributed by atoms with Crippen LogP contribution in [0.1, 0.15) is 30.5 Å². The highest BCUT2D eigenvalue weighted by atomic mass is 32.1. The molecule has 1 aromatic heterocycles. The number of methoxy groups -OCH3 is 1. The van der Waals surface area contributed by atoms with E-state index in [2.05, 4.69) is 29.2 Å². The zero-order valence-corrected chi connectivity index (χ0v) is 13.9. The van der Waals surface area contributed by atoms with Crippen LogP contribution in [-0.2, 0) is 27.3 Å². The topological polar surface area (TPSA) is 67.4 Å². The largest absolute Gasteiger partial charge is 0.469 e. The first-order valence-corrected chi connectivity index (χ1v) is 7.89. The van der Waals surface area contributed by atoms with Crippen LogP contribution in [0.3, 0.4) is 0 Å². The Kier molecular flexibility index (Phi) is 7.39. The Balaban J connectivity index is 2.37. The van der Waals surface area contributed by atoms with Gasteiger partial charge in [0, 0.05) is 22.8 Å². The standard InChI is InChI=1S/C15H24N2O3S/c1-10(2)8-17-15(19)11(3)16-9-13-6-5-12(21-13)7-14(18)20-4/h5-6,10-11,16H,7-9H2,1-4H3,(H,17,19). The molecule has 1 rings (SSSR count). The predicted molar refractivity (Wildman–Crippen MR) is 84.2 cm³/mol. The molecule has 0 spiro atoms. The molecule has 0 aromatic carbocycles. The molecule has 5 nitrogen and oxygen atoms in total. The van der Waals surface area contributed by atoms with Gasteiger partial charge in [0.15, 0.2) is 0 Å². The fraction of sp³-hybridized carbons (Fsp3) is 0.600. The molecule has 1 aromatic rings. The van der Waals surface area contributed by atoms with E-state index >= 15 is 0 Å². The zero-order valence-electron chi connectivity index (χ0n) is 13.1. The minimum Gasteiger partial charge on any atom is -0.469 e. The molecule has 0 aliphatic rings. The Hall–Kier alpha value is -1.40. The summed E-state index contributed by atoms with van der Waals surface area (Å²) < 4.78 is 4.64. The Labute approximate surface area is 130 Å². The third-order valence-corrected chi connectivity index (χ3v) is 4.01. The summed E-state index contributed by atoms with van der Waals surface area (Å²) in [5.41, 5.74) is 0. The second-order valence-corrected chi connectivity index (χ2v) is 6.62. The smallest absolute Gasteiger partial charge is 0.310 e. The minimum atomic E-state index is -0.241. The van der Waals surface area contributed by atoms with E-state index in [1.807, 2.05) is 19.1 Å². The number of hydrogen-bond donors (Lipinski definition) is 2. The van der Waals surface area contributed by atoms with Gasteiger partial charge in [-0.15, -0.1) is 11.3 Å². The van der Waals surface area contributed by atoms with E-state index in [1.54, 1.807) is 11.3 Å². The number of esters is 1. The number of thiophene rings is 1. The third kappa shape index (κ3) is 6.73. The highest BCUT2D eigenvalue weighted by Crippen LogP contribution is 2.17. The lowest BCUT2D eigenvalue weighted by Gasteiger charge is -2.14. The summed E-state index contributed by atoms with van der Waals surface area (Å²) in [6.45, 7) is 7.27. The zero-order chi connectivity index (χ0) is 15.8. The van der Waals surface area contributed by atoms with Gasteiger partial charge in [-0.3, -0.25) is 9.59 Å².